The second kappa shape index (κ2) is 9.53. The van der Waals surface area contributed by atoms with Gasteiger partial charge in [0, 0.05) is 12.2 Å². The lowest BCUT2D eigenvalue weighted by molar-refractivity contribution is -0.118. The molecule has 0 radical (unpaired) electrons. The SMILES string of the molecule is Cc1ccccc1NC(=O)c1nnc(SCC(=O)NCCC(C)C)s1. The van der Waals surface area contributed by atoms with Crippen LogP contribution in [0.1, 0.15) is 35.6 Å². The highest BCUT2D eigenvalue weighted by atomic mass is 32.2. The highest BCUT2D eigenvalue weighted by Crippen LogP contribution is 2.23. The number of nitrogens with one attached hydrogen (secondary N) is 2. The normalized spacial score (nSPS) is 10.7. The molecule has 0 aliphatic carbocycles. The number of rotatable bonds is 8. The molecule has 0 atom stereocenters. The molecule has 2 aromatic rings. The van der Waals surface area contributed by atoms with Crippen molar-refractivity contribution < 1.29 is 9.59 Å². The first-order valence-corrected chi connectivity index (χ1v) is 9.86. The van der Waals surface area contributed by atoms with Crippen molar-refractivity contribution in [1.82, 2.24) is 15.5 Å². The van der Waals surface area contributed by atoms with Crippen LogP contribution >= 0.6 is 23.1 Å². The molecule has 0 unspecified atom stereocenters. The van der Waals surface area contributed by atoms with Gasteiger partial charge >= 0.3 is 0 Å². The summed E-state index contributed by atoms with van der Waals surface area (Å²) in [5, 5.41) is 13.9. The minimum Gasteiger partial charge on any atom is -0.355 e. The molecule has 0 bridgehead atoms. The third kappa shape index (κ3) is 6.47. The van der Waals surface area contributed by atoms with Gasteiger partial charge in [0.25, 0.3) is 5.91 Å². The average Bonchev–Trinajstić information content (AvgIpc) is 3.04. The van der Waals surface area contributed by atoms with Crippen LogP contribution in [0.4, 0.5) is 5.69 Å². The summed E-state index contributed by atoms with van der Waals surface area (Å²) in [6.45, 7) is 6.84. The summed E-state index contributed by atoms with van der Waals surface area (Å²) in [6.07, 6.45) is 0.957. The highest BCUT2D eigenvalue weighted by Gasteiger charge is 2.15. The fraction of sp³-hybridized carbons (Fsp3) is 0.412. The van der Waals surface area contributed by atoms with Crippen LogP contribution in [-0.2, 0) is 4.79 Å². The summed E-state index contributed by atoms with van der Waals surface area (Å²) >= 11 is 2.47. The number of aromatic nitrogens is 2. The fourth-order valence-corrected chi connectivity index (χ4v) is 3.50. The number of carbonyl (C=O) groups is 2. The Hall–Kier alpha value is -1.93. The number of aryl methyl sites for hydroxylation is 1. The largest absolute Gasteiger partial charge is 0.355 e. The van der Waals surface area contributed by atoms with Crippen molar-refractivity contribution >= 4 is 40.6 Å². The Kier molecular flexibility index (Phi) is 7.39. The zero-order chi connectivity index (χ0) is 18.2. The van der Waals surface area contributed by atoms with Gasteiger partial charge in [-0.3, -0.25) is 9.59 Å². The van der Waals surface area contributed by atoms with Crippen molar-refractivity contribution in [3.63, 3.8) is 0 Å². The molecule has 6 nitrogen and oxygen atoms in total. The predicted molar refractivity (Wildman–Crippen MR) is 102 cm³/mol. The molecule has 0 saturated heterocycles. The van der Waals surface area contributed by atoms with Crippen molar-refractivity contribution in [3.05, 3.63) is 34.8 Å². The Labute approximate surface area is 155 Å². The lowest BCUT2D eigenvalue weighted by Crippen LogP contribution is -2.26. The smallest absolute Gasteiger partial charge is 0.286 e. The van der Waals surface area contributed by atoms with E-state index in [-0.39, 0.29) is 22.6 Å². The molecule has 1 aromatic heterocycles. The summed E-state index contributed by atoms with van der Waals surface area (Å²) < 4.78 is 0.606. The van der Waals surface area contributed by atoms with E-state index < -0.39 is 0 Å². The van der Waals surface area contributed by atoms with Crippen molar-refractivity contribution in [2.75, 3.05) is 17.6 Å². The van der Waals surface area contributed by atoms with Crippen molar-refractivity contribution in [1.29, 1.82) is 0 Å². The number of para-hydroxylation sites is 1. The van der Waals surface area contributed by atoms with E-state index in [2.05, 4.69) is 34.7 Å². The number of nitrogens with zero attached hydrogens (tertiary/aromatic N) is 2. The Bertz CT molecular complexity index is 731. The molecule has 2 rings (SSSR count). The van der Waals surface area contributed by atoms with Crippen molar-refractivity contribution in [3.8, 4) is 0 Å². The second-order valence-electron chi connectivity index (χ2n) is 5.96. The number of amides is 2. The van der Waals surface area contributed by atoms with E-state index in [1.54, 1.807) is 0 Å². The van der Waals surface area contributed by atoms with E-state index in [1.807, 2.05) is 31.2 Å². The van der Waals surface area contributed by atoms with Crippen LogP contribution < -0.4 is 10.6 Å². The van der Waals surface area contributed by atoms with E-state index in [0.29, 0.717) is 16.8 Å². The molecule has 2 N–H and O–H groups in total. The third-order valence-electron chi connectivity index (χ3n) is 3.36. The Morgan fingerprint density at radius 2 is 2.00 bits per heavy atom. The van der Waals surface area contributed by atoms with Gasteiger partial charge in [-0.25, -0.2) is 0 Å². The molecule has 25 heavy (non-hydrogen) atoms. The summed E-state index contributed by atoms with van der Waals surface area (Å²) in [7, 11) is 0. The second-order valence-corrected chi connectivity index (χ2v) is 8.16. The molecule has 134 valence electrons. The van der Waals surface area contributed by atoms with E-state index >= 15 is 0 Å². The van der Waals surface area contributed by atoms with Crippen LogP contribution in [-0.4, -0.2) is 34.3 Å². The number of benzene rings is 1. The molecule has 0 fully saturated rings. The molecule has 0 aliphatic heterocycles. The van der Waals surface area contributed by atoms with Gasteiger partial charge in [0.1, 0.15) is 0 Å². The van der Waals surface area contributed by atoms with Gasteiger partial charge in [-0.15, -0.1) is 10.2 Å². The Morgan fingerprint density at radius 3 is 2.72 bits per heavy atom. The predicted octanol–water partition coefficient (Wildman–Crippen LogP) is 3.35. The minimum absolute atomic E-state index is 0.0354. The quantitative estimate of drug-likeness (QED) is 0.688. The first-order chi connectivity index (χ1) is 12.0. The van der Waals surface area contributed by atoms with E-state index in [9.17, 15) is 9.59 Å². The number of carbonyl (C=O) groups excluding carboxylic acids is 2. The molecule has 0 saturated carbocycles. The van der Waals surface area contributed by atoms with E-state index in [0.717, 1.165) is 17.7 Å². The van der Waals surface area contributed by atoms with Crippen LogP contribution in [0.5, 0.6) is 0 Å². The average molecular weight is 379 g/mol. The maximum Gasteiger partial charge on any atom is 0.286 e. The molecular formula is C17H22N4O2S2. The summed E-state index contributed by atoms with van der Waals surface area (Å²) in [5.41, 5.74) is 1.73. The summed E-state index contributed by atoms with van der Waals surface area (Å²) in [6, 6.07) is 7.54. The van der Waals surface area contributed by atoms with Crippen molar-refractivity contribution in [2.24, 2.45) is 5.92 Å². The summed E-state index contributed by atoms with van der Waals surface area (Å²) in [4.78, 5) is 24.0. The monoisotopic (exact) mass is 378 g/mol. The van der Waals surface area contributed by atoms with Crippen molar-refractivity contribution in [2.45, 2.75) is 31.5 Å². The summed E-state index contributed by atoms with van der Waals surface area (Å²) in [5.74, 6) is 0.504. The zero-order valence-electron chi connectivity index (χ0n) is 14.5. The molecule has 0 aliphatic rings. The van der Waals surface area contributed by atoms with Gasteiger partial charge in [-0.05, 0) is 30.9 Å². The van der Waals surface area contributed by atoms with Gasteiger partial charge in [-0.1, -0.05) is 55.1 Å². The maximum absolute atomic E-state index is 12.2. The van der Waals surface area contributed by atoms with Crippen LogP contribution in [0, 0.1) is 12.8 Å². The van der Waals surface area contributed by atoms with E-state index in [4.69, 9.17) is 0 Å². The van der Waals surface area contributed by atoms with Crippen LogP contribution in [0.2, 0.25) is 0 Å². The van der Waals surface area contributed by atoms with E-state index in [1.165, 1.54) is 23.1 Å². The topological polar surface area (TPSA) is 84.0 Å². The van der Waals surface area contributed by atoms with Crippen LogP contribution in [0.25, 0.3) is 0 Å². The number of hydrogen-bond acceptors (Lipinski definition) is 6. The molecule has 1 aromatic carbocycles. The fourth-order valence-electron chi connectivity index (χ4n) is 1.93. The molecule has 8 heteroatoms. The number of anilines is 1. The molecule has 0 spiro atoms. The lowest BCUT2D eigenvalue weighted by Gasteiger charge is -2.06. The maximum atomic E-state index is 12.2. The highest BCUT2D eigenvalue weighted by molar-refractivity contribution is 8.01. The number of hydrogen-bond donors (Lipinski definition) is 2. The number of thioether (sulfide) groups is 1. The molecule has 2 amide bonds. The van der Waals surface area contributed by atoms with Gasteiger partial charge in [0.2, 0.25) is 10.9 Å². The lowest BCUT2D eigenvalue weighted by atomic mass is 10.1. The van der Waals surface area contributed by atoms with Gasteiger partial charge in [-0.2, -0.15) is 0 Å². The van der Waals surface area contributed by atoms with Gasteiger partial charge in [0.15, 0.2) is 4.34 Å². The first kappa shape index (κ1) is 19.4. The third-order valence-corrected chi connectivity index (χ3v) is 5.42. The van der Waals surface area contributed by atoms with Crippen LogP contribution in [0.15, 0.2) is 28.6 Å². The Morgan fingerprint density at radius 1 is 1.24 bits per heavy atom. The zero-order valence-corrected chi connectivity index (χ0v) is 16.2. The van der Waals surface area contributed by atoms with Crippen LogP contribution in [0.3, 0.4) is 0 Å². The molecular weight excluding hydrogens is 356 g/mol. The minimum atomic E-state index is -0.292. The first-order valence-electron chi connectivity index (χ1n) is 8.05. The van der Waals surface area contributed by atoms with Gasteiger partial charge in [0.05, 0.1) is 5.75 Å². The standard InChI is InChI=1S/C17H22N4O2S2/c1-11(2)8-9-18-14(22)10-24-17-21-20-16(25-17)15(23)19-13-7-5-4-6-12(13)3/h4-7,11H,8-10H2,1-3H3,(H,18,22)(H,19,23). The molecule has 1 heterocycles. The van der Waals surface area contributed by atoms with Gasteiger partial charge < -0.3 is 10.6 Å². The Balaban J connectivity index is 1.82.